The SMILES string of the molecule is Clc1ccc(Nc2nncc(N3CCc4ccccc4C3)n2)cc1Cl. The topological polar surface area (TPSA) is 53.9 Å². The molecule has 0 radical (unpaired) electrons. The molecule has 1 aliphatic rings. The first-order valence-corrected chi connectivity index (χ1v) is 8.68. The molecule has 2 aromatic carbocycles. The summed E-state index contributed by atoms with van der Waals surface area (Å²) in [5, 5.41) is 12.2. The number of nitrogens with one attached hydrogen (secondary N) is 1. The average Bonchev–Trinajstić information content (AvgIpc) is 2.65. The van der Waals surface area contributed by atoms with E-state index in [4.69, 9.17) is 23.2 Å². The lowest BCUT2D eigenvalue weighted by Crippen LogP contribution is -2.31. The van der Waals surface area contributed by atoms with Gasteiger partial charge >= 0.3 is 0 Å². The number of halogens is 2. The van der Waals surface area contributed by atoms with Crippen molar-refractivity contribution in [2.24, 2.45) is 0 Å². The Kier molecular flexibility index (Phi) is 4.42. The number of fused-ring (bicyclic) bond motifs is 1. The standard InChI is InChI=1S/C18H15Cl2N5/c19-15-6-5-14(9-16(15)20)22-18-23-17(10-21-24-18)25-8-7-12-3-1-2-4-13(12)11-25/h1-6,9-10H,7-8,11H2,(H,22,23,24). The third-order valence-corrected chi connectivity index (χ3v) is 4.92. The quantitative estimate of drug-likeness (QED) is 0.735. The van der Waals surface area contributed by atoms with Gasteiger partial charge in [0, 0.05) is 18.8 Å². The van der Waals surface area contributed by atoms with Crippen LogP contribution in [-0.4, -0.2) is 21.7 Å². The molecule has 0 saturated heterocycles. The number of hydrogen-bond acceptors (Lipinski definition) is 5. The molecule has 2 heterocycles. The summed E-state index contributed by atoms with van der Waals surface area (Å²) in [6, 6.07) is 13.8. The number of anilines is 3. The Morgan fingerprint density at radius 1 is 1.00 bits per heavy atom. The summed E-state index contributed by atoms with van der Waals surface area (Å²) in [6.45, 7) is 1.73. The van der Waals surface area contributed by atoms with Crippen molar-refractivity contribution in [1.29, 1.82) is 0 Å². The fourth-order valence-electron chi connectivity index (χ4n) is 2.89. The molecule has 0 spiro atoms. The predicted molar refractivity (Wildman–Crippen MR) is 101 cm³/mol. The molecule has 1 aliphatic heterocycles. The van der Waals surface area contributed by atoms with E-state index in [1.54, 1.807) is 18.3 Å². The molecule has 0 fully saturated rings. The number of nitrogens with zero attached hydrogens (tertiary/aromatic N) is 4. The molecule has 0 saturated carbocycles. The van der Waals surface area contributed by atoms with Gasteiger partial charge in [-0.1, -0.05) is 47.5 Å². The molecule has 0 atom stereocenters. The van der Waals surface area contributed by atoms with Crippen molar-refractivity contribution < 1.29 is 0 Å². The summed E-state index contributed by atoms with van der Waals surface area (Å²) in [6.07, 6.45) is 2.68. The molecule has 1 aromatic heterocycles. The Hall–Kier alpha value is -2.37. The number of aromatic nitrogens is 3. The normalized spacial score (nSPS) is 13.4. The van der Waals surface area contributed by atoms with E-state index in [1.807, 2.05) is 6.07 Å². The molecule has 5 nitrogen and oxygen atoms in total. The zero-order valence-corrected chi connectivity index (χ0v) is 14.8. The van der Waals surface area contributed by atoms with Gasteiger partial charge in [0.1, 0.15) is 0 Å². The van der Waals surface area contributed by atoms with Gasteiger partial charge < -0.3 is 10.2 Å². The molecule has 0 aliphatic carbocycles. The van der Waals surface area contributed by atoms with Gasteiger partial charge in [-0.2, -0.15) is 10.1 Å². The van der Waals surface area contributed by atoms with Crippen molar-refractivity contribution in [3.05, 3.63) is 69.8 Å². The molecule has 7 heteroatoms. The van der Waals surface area contributed by atoms with E-state index in [1.165, 1.54) is 11.1 Å². The van der Waals surface area contributed by atoms with Gasteiger partial charge in [-0.05, 0) is 35.7 Å². The van der Waals surface area contributed by atoms with Crippen LogP contribution >= 0.6 is 23.2 Å². The Morgan fingerprint density at radius 2 is 1.84 bits per heavy atom. The maximum absolute atomic E-state index is 6.04. The predicted octanol–water partition coefficient (Wildman–Crippen LogP) is 4.48. The van der Waals surface area contributed by atoms with E-state index in [9.17, 15) is 0 Å². The highest BCUT2D eigenvalue weighted by Gasteiger charge is 2.18. The minimum absolute atomic E-state index is 0.426. The van der Waals surface area contributed by atoms with Crippen molar-refractivity contribution in [2.45, 2.75) is 13.0 Å². The minimum Gasteiger partial charge on any atom is -0.350 e. The summed E-state index contributed by atoms with van der Waals surface area (Å²) in [7, 11) is 0. The summed E-state index contributed by atoms with van der Waals surface area (Å²) in [4.78, 5) is 6.79. The van der Waals surface area contributed by atoms with Crippen LogP contribution in [0.3, 0.4) is 0 Å². The Bertz CT molecular complexity index is 915. The fourth-order valence-corrected chi connectivity index (χ4v) is 3.19. The third-order valence-electron chi connectivity index (χ3n) is 4.18. The van der Waals surface area contributed by atoms with Gasteiger partial charge in [-0.15, -0.1) is 5.10 Å². The highest BCUT2D eigenvalue weighted by molar-refractivity contribution is 6.42. The molecular weight excluding hydrogens is 357 g/mol. The first kappa shape index (κ1) is 16.1. The fraction of sp³-hybridized carbons (Fsp3) is 0.167. The second kappa shape index (κ2) is 6.86. The second-order valence-electron chi connectivity index (χ2n) is 5.83. The molecular formula is C18H15Cl2N5. The van der Waals surface area contributed by atoms with E-state index in [-0.39, 0.29) is 0 Å². The lowest BCUT2D eigenvalue weighted by atomic mass is 10.0. The first-order valence-electron chi connectivity index (χ1n) is 7.92. The smallest absolute Gasteiger partial charge is 0.249 e. The summed E-state index contributed by atoms with van der Waals surface area (Å²) in [5.41, 5.74) is 3.48. The average molecular weight is 372 g/mol. The van der Waals surface area contributed by atoms with Crippen LogP contribution in [0.25, 0.3) is 0 Å². The first-order chi connectivity index (χ1) is 12.2. The molecule has 3 aromatic rings. The van der Waals surface area contributed by atoms with Gasteiger partial charge in [0.25, 0.3) is 0 Å². The van der Waals surface area contributed by atoms with Crippen molar-refractivity contribution >= 4 is 40.7 Å². The van der Waals surface area contributed by atoms with E-state index in [0.29, 0.717) is 16.0 Å². The maximum Gasteiger partial charge on any atom is 0.249 e. The molecule has 0 unspecified atom stereocenters. The van der Waals surface area contributed by atoms with Gasteiger partial charge in [-0.25, -0.2) is 0 Å². The van der Waals surface area contributed by atoms with Crippen LogP contribution in [0, 0.1) is 0 Å². The van der Waals surface area contributed by atoms with Crippen molar-refractivity contribution in [1.82, 2.24) is 15.2 Å². The van der Waals surface area contributed by atoms with Crippen LogP contribution in [-0.2, 0) is 13.0 Å². The monoisotopic (exact) mass is 371 g/mol. The van der Waals surface area contributed by atoms with Crippen LogP contribution in [0.2, 0.25) is 10.0 Å². The molecule has 25 heavy (non-hydrogen) atoms. The zero-order valence-electron chi connectivity index (χ0n) is 13.3. The van der Waals surface area contributed by atoms with E-state index >= 15 is 0 Å². The molecule has 0 amide bonds. The Balaban J connectivity index is 1.55. The van der Waals surface area contributed by atoms with Crippen molar-refractivity contribution in [2.75, 3.05) is 16.8 Å². The van der Waals surface area contributed by atoms with Gasteiger partial charge in [0.05, 0.1) is 16.2 Å². The maximum atomic E-state index is 6.04. The Morgan fingerprint density at radius 3 is 2.68 bits per heavy atom. The molecule has 126 valence electrons. The van der Waals surface area contributed by atoms with Gasteiger partial charge in [0.15, 0.2) is 5.82 Å². The lowest BCUT2D eigenvalue weighted by Gasteiger charge is -2.29. The highest BCUT2D eigenvalue weighted by Crippen LogP contribution is 2.27. The van der Waals surface area contributed by atoms with Gasteiger partial charge in [0.2, 0.25) is 5.95 Å². The molecule has 0 bridgehead atoms. The minimum atomic E-state index is 0.426. The van der Waals surface area contributed by atoms with Crippen molar-refractivity contribution in [3.63, 3.8) is 0 Å². The number of benzene rings is 2. The van der Waals surface area contributed by atoms with Crippen LogP contribution in [0.1, 0.15) is 11.1 Å². The van der Waals surface area contributed by atoms with E-state index in [2.05, 4.69) is 49.7 Å². The number of hydrogen-bond donors (Lipinski definition) is 1. The van der Waals surface area contributed by atoms with Crippen LogP contribution < -0.4 is 10.2 Å². The lowest BCUT2D eigenvalue weighted by molar-refractivity contribution is 0.715. The third kappa shape index (κ3) is 3.52. The highest BCUT2D eigenvalue weighted by atomic mass is 35.5. The largest absolute Gasteiger partial charge is 0.350 e. The zero-order chi connectivity index (χ0) is 17.2. The summed E-state index contributed by atoms with van der Waals surface area (Å²) < 4.78 is 0. The van der Waals surface area contributed by atoms with E-state index < -0.39 is 0 Å². The van der Waals surface area contributed by atoms with Gasteiger partial charge in [-0.3, -0.25) is 0 Å². The van der Waals surface area contributed by atoms with Crippen LogP contribution in [0.4, 0.5) is 17.5 Å². The molecule has 4 rings (SSSR count). The van der Waals surface area contributed by atoms with Crippen LogP contribution in [0.15, 0.2) is 48.7 Å². The summed E-state index contributed by atoms with van der Waals surface area (Å²) in [5.74, 6) is 1.22. The van der Waals surface area contributed by atoms with Crippen molar-refractivity contribution in [3.8, 4) is 0 Å². The Labute approximate surface area is 155 Å². The molecule has 1 N–H and O–H groups in total. The van der Waals surface area contributed by atoms with E-state index in [0.717, 1.165) is 31.0 Å². The summed E-state index contributed by atoms with van der Waals surface area (Å²) >= 11 is 12.0. The van der Waals surface area contributed by atoms with Crippen LogP contribution in [0.5, 0.6) is 0 Å². The second-order valence-corrected chi connectivity index (χ2v) is 6.65. The number of rotatable bonds is 3.